The normalized spacial score (nSPS) is 16.4. The van der Waals surface area contributed by atoms with Crippen molar-refractivity contribution in [2.24, 2.45) is 5.73 Å². The fraction of sp³-hybridized carbons (Fsp3) is 0.353. The van der Waals surface area contributed by atoms with E-state index in [2.05, 4.69) is 40.2 Å². The average Bonchev–Trinajstić information content (AvgIpc) is 2.69. The van der Waals surface area contributed by atoms with Gasteiger partial charge in [-0.2, -0.15) is 0 Å². The molecule has 104 valence electrons. The first-order valence-electron chi connectivity index (χ1n) is 7.32. The number of hydrogen-bond acceptors (Lipinski definition) is 3. The number of pyridine rings is 1. The lowest BCUT2D eigenvalue weighted by atomic mass is 10.1. The van der Waals surface area contributed by atoms with Crippen molar-refractivity contribution in [3.63, 3.8) is 0 Å². The van der Waals surface area contributed by atoms with Crippen LogP contribution in [0.4, 0.5) is 11.4 Å². The van der Waals surface area contributed by atoms with E-state index >= 15 is 0 Å². The minimum atomic E-state index is -0.0135. The lowest BCUT2D eigenvalue weighted by Crippen LogP contribution is -2.18. The highest BCUT2D eigenvalue weighted by atomic mass is 15.1. The number of anilines is 2. The molecule has 1 aromatic carbocycles. The predicted molar refractivity (Wildman–Crippen MR) is 83.2 cm³/mol. The van der Waals surface area contributed by atoms with Crippen LogP contribution < -0.4 is 10.6 Å². The summed E-state index contributed by atoms with van der Waals surface area (Å²) in [6.07, 6.45) is 5.57. The molecular formula is C17H21N3. The van der Waals surface area contributed by atoms with Crippen molar-refractivity contribution in [3.05, 3.63) is 53.9 Å². The number of rotatable bonds is 2. The highest BCUT2D eigenvalue weighted by molar-refractivity contribution is 5.66. The zero-order valence-electron chi connectivity index (χ0n) is 11.9. The van der Waals surface area contributed by atoms with Gasteiger partial charge >= 0.3 is 0 Å². The molecule has 1 aliphatic heterocycles. The molecule has 0 unspecified atom stereocenters. The number of aryl methyl sites for hydroxylation is 1. The van der Waals surface area contributed by atoms with Gasteiger partial charge in [0.1, 0.15) is 0 Å². The number of para-hydroxylation sites is 1. The molecule has 3 rings (SSSR count). The van der Waals surface area contributed by atoms with Gasteiger partial charge in [0.15, 0.2) is 0 Å². The van der Waals surface area contributed by atoms with Gasteiger partial charge in [-0.05, 0) is 49.9 Å². The van der Waals surface area contributed by atoms with Gasteiger partial charge in [-0.25, -0.2) is 0 Å². The van der Waals surface area contributed by atoms with E-state index < -0.39 is 0 Å². The summed E-state index contributed by atoms with van der Waals surface area (Å²) in [5, 5.41) is 0. The quantitative estimate of drug-likeness (QED) is 0.904. The maximum Gasteiger partial charge on any atom is 0.0597 e. The minimum absolute atomic E-state index is 0.0135. The van der Waals surface area contributed by atoms with E-state index in [9.17, 15) is 0 Å². The zero-order chi connectivity index (χ0) is 13.9. The van der Waals surface area contributed by atoms with Gasteiger partial charge in [-0.1, -0.05) is 18.2 Å². The Morgan fingerprint density at radius 2 is 2.00 bits per heavy atom. The van der Waals surface area contributed by atoms with Crippen LogP contribution in [0.25, 0.3) is 0 Å². The maximum atomic E-state index is 5.87. The van der Waals surface area contributed by atoms with Gasteiger partial charge in [-0.3, -0.25) is 4.98 Å². The Hall–Kier alpha value is -1.87. The monoisotopic (exact) mass is 267 g/mol. The lowest BCUT2D eigenvalue weighted by molar-refractivity contribution is 0.757. The molecule has 0 saturated heterocycles. The van der Waals surface area contributed by atoms with Crippen molar-refractivity contribution < 1.29 is 0 Å². The third kappa shape index (κ3) is 2.54. The van der Waals surface area contributed by atoms with Crippen molar-refractivity contribution in [2.45, 2.75) is 32.2 Å². The summed E-state index contributed by atoms with van der Waals surface area (Å²) in [5.74, 6) is 0. The van der Waals surface area contributed by atoms with Crippen molar-refractivity contribution in [3.8, 4) is 0 Å². The molecule has 1 aliphatic rings. The second-order valence-corrected chi connectivity index (χ2v) is 5.47. The summed E-state index contributed by atoms with van der Waals surface area (Å²) in [6.45, 7) is 3.01. The standard InChI is InChI=1S/C17H21N3/c1-13(18)16-10-9-15(12-19-16)20-11-5-4-7-14-6-2-3-8-17(14)20/h2-3,6,8-10,12-13H,4-5,7,11,18H2,1H3/t13-/m1/s1. The number of nitrogens with zero attached hydrogens (tertiary/aromatic N) is 2. The first-order valence-corrected chi connectivity index (χ1v) is 7.32. The molecule has 0 saturated carbocycles. The van der Waals surface area contributed by atoms with E-state index in [4.69, 9.17) is 5.73 Å². The summed E-state index contributed by atoms with van der Waals surface area (Å²) in [7, 11) is 0. The molecule has 0 bridgehead atoms. The van der Waals surface area contributed by atoms with Gasteiger partial charge in [0, 0.05) is 18.3 Å². The molecule has 1 atom stereocenters. The molecule has 3 heteroatoms. The first kappa shape index (κ1) is 13.1. The largest absolute Gasteiger partial charge is 0.340 e. The molecule has 0 fully saturated rings. The van der Waals surface area contributed by atoms with Crippen LogP contribution in [0.5, 0.6) is 0 Å². The van der Waals surface area contributed by atoms with Crippen LogP contribution >= 0.6 is 0 Å². The fourth-order valence-corrected chi connectivity index (χ4v) is 2.79. The molecular weight excluding hydrogens is 246 g/mol. The van der Waals surface area contributed by atoms with Crippen LogP contribution in [-0.2, 0) is 6.42 Å². The number of hydrogen-bond donors (Lipinski definition) is 1. The predicted octanol–water partition coefficient (Wildman–Crippen LogP) is 3.58. The van der Waals surface area contributed by atoms with Crippen LogP contribution in [0.2, 0.25) is 0 Å². The van der Waals surface area contributed by atoms with Gasteiger partial charge in [0.25, 0.3) is 0 Å². The van der Waals surface area contributed by atoms with Crippen LogP contribution in [0.15, 0.2) is 42.6 Å². The van der Waals surface area contributed by atoms with E-state index in [0.717, 1.165) is 24.3 Å². The Balaban J connectivity index is 1.97. The zero-order valence-corrected chi connectivity index (χ0v) is 11.9. The number of nitrogens with two attached hydrogens (primary N) is 1. The third-order valence-electron chi connectivity index (χ3n) is 3.91. The van der Waals surface area contributed by atoms with Crippen LogP contribution in [0, 0.1) is 0 Å². The molecule has 2 aromatic rings. The summed E-state index contributed by atoms with van der Waals surface area (Å²) < 4.78 is 0. The summed E-state index contributed by atoms with van der Waals surface area (Å²) >= 11 is 0. The number of fused-ring (bicyclic) bond motifs is 1. The third-order valence-corrected chi connectivity index (χ3v) is 3.91. The SMILES string of the molecule is C[C@@H](N)c1ccc(N2CCCCc3ccccc32)cn1. The van der Waals surface area contributed by atoms with E-state index in [-0.39, 0.29) is 6.04 Å². The van der Waals surface area contributed by atoms with Gasteiger partial charge in [0.2, 0.25) is 0 Å². The minimum Gasteiger partial charge on any atom is -0.340 e. The van der Waals surface area contributed by atoms with Crippen LogP contribution in [-0.4, -0.2) is 11.5 Å². The van der Waals surface area contributed by atoms with Gasteiger partial charge in [0.05, 0.1) is 17.6 Å². The Labute approximate surface area is 120 Å². The van der Waals surface area contributed by atoms with Crippen LogP contribution in [0.1, 0.15) is 37.1 Å². The molecule has 0 spiro atoms. The number of benzene rings is 1. The van der Waals surface area contributed by atoms with Crippen LogP contribution in [0.3, 0.4) is 0 Å². The number of aromatic nitrogens is 1. The lowest BCUT2D eigenvalue weighted by Gasteiger charge is -2.25. The Bertz CT molecular complexity index is 575. The molecule has 2 heterocycles. The van der Waals surface area contributed by atoms with E-state index in [1.54, 1.807) is 0 Å². The van der Waals surface area contributed by atoms with Gasteiger partial charge in [-0.15, -0.1) is 0 Å². The molecule has 1 aromatic heterocycles. The van der Waals surface area contributed by atoms with E-state index in [1.165, 1.54) is 24.1 Å². The second kappa shape index (κ2) is 5.63. The topological polar surface area (TPSA) is 42.1 Å². The smallest absolute Gasteiger partial charge is 0.0597 e. The highest BCUT2D eigenvalue weighted by Gasteiger charge is 2.16. The molecule has 0 radical (unpaired) electrons. The molecule has 3 nitrogen and oxygen atoms in total. The van der Waals surface area contributed by atoms with Crippen molar-refractivity contribution in [1.82, 2.24) is 4.98 Å². The Morgan fingerprint density at radius 3 is 2.75 bits per heavy atom. The summed E-state index contributed by atoms with van der Waals surface area (Å²) in [6, 6.07) is 12.8. The summed E-state index contributed by atoms with van der Waals surface area (Å²) in [5.41, 5.74) is 10.7. The molecule has 20 heavy (non-hydrogen) atoms. The van der Waals surface area contributed by atoms with Crippen molar-refractivity contribution in [1.29, 1.82) is 0 Å². The average molecular weight is 267 g/mol. The fourth-order valence-electron chi connectivity index (χ4n) is 2.79. The maximum absolute atomic E-state index is 5.87. The van der Waals surface area contributed by atoms with E-state index in [1.807, 2.05) is 19.2 Å². The van der Waals surface area contributed by atoms with Crippen molar-refractivity contribution >= 4 is 11.4 Å². The van der Waals surface area contributed by atoms with Crippen molar-refractivity contribution in [2.75, 3.05) is 11.4 Å². The van der Waals surface area contributed by atoms with E-state index in [0.29, 0.717) is 0 Å². The second-order valence-electron chi connectivity index (χ2n) is 5.47. The molecule has 0 amide bonds. The summed E-state index contributed by atoms with van der Waals surface area (Å²) in [4.78, 5) is 6.87. The Kier molecular flexibility index (Phi) is 3.70. The molecule has 2 N–H and O–H groups in total. The first-order chi connectivity index (χ1) is 9.75. The highest BCUT2D eigenvalue weighted by Crippen LogP contribution is 2.32. The van der Waals surface area contributed by atoms with Gasteiger partial charge < -0.3 is 10.6 Å². The Morgan fingerprint density at radius 1 is 1.15 bits per heavy atom. The molecule has 0 aliphatic carbocycles.